The van der Waals surface area contributed by atoms with E-state index in [9.17, 15) is 14.4 Å². The third kappa shape index (κ3) is 4.62. The second-order valence-electron chi connectivity index (χ2n) is 4.57. The van der Waals surface area contributed by atoms with Crippen molar-refractivity contribution in [3.63, 3.8) is 0 Å². The summed E-state index contributed by atoms with van der Waals surface area (Å²) in [6.45, 7) is 0. The first-order chi connectivity index (χ1) is 11.0. The van der Waals surface area contributed by atoms with Gasteiger partial charge in [-0.05, 0) is 12.1 Å². The Balaban J connectivity index is 2.04. The first kappa shape index (κ1) is 16.6. The lowest BCUT2D eigenvalue weighted by atomic mass is 10.1. The number of para-hydroxylation sites is 1. The molecule has 1 heterocycles. The van der Waals surface area contributed by atoms with E-state index < -0.39 is 11.9 Å². The number of thiazole rings is 1. The molecule has 8 heteroatoms. The van der Waals surface area contributed by atoms with Crippen molar-refractivity contribution in [2.45, 2.75) is 12.8 Å². The van der Waals surface area contributed by atoms with Crippen LogP contribution in [0.1, 0.15) is 21.1 Å². The molecule has 0 spiro atoms. The minimum atomic E-state index is -0.974. The number of hydrogen-bond acceptors (Lipinski definition) is 6. The average molecular weight is 334 g/mol. The number of nitrogens with one attached hydrogen (secondary N) is 1. The summed E-state index contributed by atoms with van der Waals surface area (Å²) in [6.07, 6.45) is -0.177. The molecule has 0 saturated heterocycles. The van der Waals surface area contributed by atoms with Gasteiger partial charge in [-0.15, -0.1) is 11.3 Å². The molecule has 120 valence electrons. The van der Waals surface area contributed by atoms with Gasteiger partial charge < -0.3 is 15.2 Å². The number of anilines is 1. The molecule has 0 atom stereocenters. The number of benzene rings is 1. The molecule has 7 nitrogen and oxygen atoms in total. The van der Waals surface area contributed by atoms with Gasteiger partial charge in [0.1, 0.15) is 5.01 Å². The van der Waals surface area contributed by atoms with Crippen molar-refractivity contribution in [2.75, 3.05) is 12.4 Å². The number of aliphatic carboxylic acids is 1. The number of rotatable bonds is 6. The Hall–Kier alpha value is -2.74. The smallest absolute Gasteiger partial charge is 0.339 e. The molecule has 0 fully saturated rings. The molecule has 0 aliphatic rings. The molecule has 0 aliphatic carbocycles. The van der Waals surface area contributed by atoms with Crippen LogP contribution in [0.25, 0.3) is 0 Å². The number of carbonyl (C=O) groups excluding carboxylic acids is 2. The lowest BCUT2D eigenvalue weighted by Gasteiger charge is -2.08. The molecule has 23 heavy (non-hydrogen) atoms. The number of nitrogens with zero attached hydrogens (tertiary/aromatic N) is 1. The van der Waals surface area contributed by atoms with Crippen molar-refractivity contribution in [1.82, 2.24) is 4.98 Å². The summed E-state index contributed by atoms with van der Waals surface area (Å²) in [4.78, 5) is 38.4. The molecule has 0 bridgehead atoms. The van der Waals surface area contributed by atoms with Crippen LogP contribution in [0.4, 0.5) is 5.69 Å². The fraction of sp³-hybridized carbons (Fsp3) is 0.200. The van der Waals surface area contributed by atoms with Gasteiger partial charge in [-0.1, -0.05) is 12.1 Å². The van der Waals surface area contributed by atoms with Crippen LogP contribution in [0.5, 0.6) is 0 Å². The van der Waals surface area contributed by atoms with Gasteiger partial charge in [-0.2, -0.15) is 0 Å². The molecule has 1 aromatic heterocycles. The summed E-state index contributed by atoms with van der Waals surface area (Å²) in [5.74, 6) is -1.87. The molecule has 0 aliphatic heterocycles. The Kier molecular flexibility index (Phi) is 5.42. The Bertz CT molecular complexity index is 741. The summed E-state index contributed by atoms with van der Waals surface area (Å²) in [6, 6.07) is 6.51. The monoisotopic (exact) mass is 334 g/mol. The number of amides is 1. The predicted molar refractivity (Wildman–Crippen MR) is 83.6 cm³/mol. The first-order valence-electron chi connectivity index (χ1n) is 6.62. The van der Waals surface area contributed by atoms with Gasteiger partial charge in [-0.25, -0.2) is 9.78 Å². The van der Waals surface area contributed by atoms with E-state index in [0.29, 0.717) is 16.4 Å². The number of ether oxygens (including phenoxy) is 1. The van der Waals surface area contributed by atoms with Crippen molar-refractivity contribution in [1.29, 1.82) is 0 Å². The lowest BCUT2D eigenvalue weighted by Crippen LogP contribution is -2.17. The van der Waals surface area contributed by atoms with Crippen LogP contribution in [0.2, 0.25) is 0 Å². The fourth-order valence-corrected chi connectivity index (χ4v) is 2.67. The Labute approximate surface area is 135 Å². The van der Waals surface area contributed by atoms with E-state index >= 15 is 0 Å². The van der Waals surface area contributed by atoms with Gasteiger partial charge in [0, 0.05) is 5.38 Å². The van der Waals surface area contributed by atoms with Gasteiger partial charge in [0.15, 0.2) is 0 Å². The van der Waals surface area contributed by atoms with Crippen molar-refractivity contribution in [2.24, 2.45) is 0 Å². The zero-order valence-corrected chi connectivity index (χ0v) is 13.1. The van der Waals surface area contributed by atoms with Crippen LogP contribution < -0.4 is 5.32 Å². The van der Waals surface area contributed by atoms with Crippen LogP contribution in [0.15, 0.2) is 29.6 Å². The minimum absolute atomic E-state index is 0.000206. The SMILES string of the molecule is COC(=O)c1ccccc1NC(=O)Cc1nc(CC(=O)O)cs1. The van der Waals surface area contributed by atoms with Crippen LogP contribution in [-0.4, -0.2) is 35.0 Å². The van der Waals surface area contributed by atoms with E-state index in [2.05, 4.69) is 15.0 Å². The Morgan fingerprint density at radius 3 is 2.70 bits per heavy atom. The molecule has 2 N–H and O–H groups in total. The van der Waals surface area contributed by atoms with E-state index in [1.165, 1.54) is 18.4 Å². The number of carboxylic acids is 1. The normalized spacial score (nSPS) is 10.1. The highest BCUT2D eigenvalue weighted by Crippen LogP contribution is 2.17. The Morgan fingerprint density at radius 1 is 1.26 bits per heavy atom. The second kappa shape index (κ2) is 7.50. The summed E-state index contributed by atoms with van der Waals surface area (Å²) >= 11 is 1.22. The van der Waals surface area contributed by atoms with Crippen molar-refractivity contribution < 1.29 is 24.2 Å². The number of hydrogen-bond donors (Lipinski definition) is 2. The molecule has 2 rings (SSSR count). The zero-order valence-electron chi connectivity index (χ0n) is 12.2. The summed E-state index contributed by atoms with van der Waals surface area (Å²) < 4.78 is 4.66. The molecule has 0 radical (unpaired) electrons. The highest BCUT2D eigenvalue weighted by Gasteiger charge is 2.15. The van der Waals surface area contributed by atoms with E-state index in [4.69, 9.17) is 5.11 Å². The molecule has 0 unspecified atom stereocenters. The molecular formula is C15H14N2O5S. The van der Waals surface area contributed by atoms with Crippen LogP contribution >= 0.6 is 11.3 Å². The zero-order chi connectivity index (χ0) is 16.8. The maximum atomic E-state index is 12.1. The van der Waals surface area contributed by atoms with E-state index in [-0.39, 0.29) is 24.3 Å². The summed E-state index contributed by atoms with van der Waals surface area (Å²) in [7, 11) is 1.26. The quantitative estimate of drug-likeness (QED) is 0.780. The van der Waals surface area contributed by atoms with Crippen LogP contribution in [-0.2, 0) is 27.2 Å². The van der Waals surface area contributed by atoms with Crippen molar-refractivity contribution in [3.05, 3.63) is 45.9 Å². The largest absolute Gasteiger partial charge is 0.481 e. The highest BCUT2D eigenvalue weighted by atomic mass is 32.1. The van der Waals surface area contributed by atoms with Crippen LogP contribution in [0.3, 0.4) is 0 Å². The molecule has 1 aromatic carbocycles. The molecule has 2 aromatic rings. The molecular weight excluding hydrogens is 320 g/mol. The highest BCUT2D eigenvalue weighted by molar-refractivity contribution is 7.09. The number of aromatic nitrogens is 1. The number of esters is 1. The molecule has 0 saturated carbocycles. The van der Waals surface area contributed by atoms with E-state index in [0.717, 1.165) is 0 Å². The third-order valence-corrected chi connectivity index (χ3v) is 3.75. The second-order valence-corrected chi connectivity index (χ2v) is 5.51. The number of carboxylic acid groups (broad SMARTS) is 1. The van der Waals surface area contributed by atoms with Gasteiger partial charge in [0.2, 0.25) is 5.91 Å². The maximum absolute atomic E-state index is 12.1. The van der Waals surface area contributed by atoms with E-state index in [1.807, 2.05) is 0 Å². The van der Waals surface area contributed by atoms with Gasteiger partial charge in [0.05, 0.1) is 36.9 Å². The van der Waals surface area contributed by atoms with Crippen molar-refractivity contribution >= 4 is 34.9 Å². The molecule has 1 amide bonds. The maximum Gasteiger partial charge on any atom is 0.339 e. The van der Waals surface area contributed by atoms with Crippen LogP contribution in [0, 0.1) is 0 Å². The number of methoxy groups -OCH3 is 1. The summed E-state index contributed by atoms with van der Waals surface area (Å²) in [5.41, 5.74) is 1.03. The standard InChI is InChI=1S/C15H14N2O5S/c1-22-15(21)10-4-2-3-5-11(10)17-12(18)7-13-16-9(8-23-13)6-14(19)20/h2-5,8H,6-7H2,1H3,(H,17,18)(H,19,20). The fourth-order valence-electron chi connectivity index (χ4n) is 1.88. The number of carbonyl (C=O) groups is 3. The average Bonchev–Trinajstić information content (AvgIpc) is 2.93. The van der Waals surface area contributed by atoms with Gasteiger partial charge in [0.25, 0.3) is 0 Å². The lowest BCUT2D eigenvalue weighted by molar-refractivity contribution is -0.136. The first-order valence-corrected chi connectivity index (χ1v) is 7.50. The Morgan fingerprint density at radius 2 is 2.00 bits per heavy atom. The van der Waals surface area contributed by atoms with E-state index in [1.54, 1.807) is 29.6 Å². The van der Waals surface area contributed by atoms with Gasteiger partial charge in [-0.3, -0.25) is 9.59 Å². The summed E-state index contributed by atoms with van der Waals surface area (Å²) in [5, 5.41) is 13.5. The van der Waals surface area contributed by atoms with Gasteiger partial charge >= 0.3 is 11.9 Å². The topological polar surface area (TPSA) is 106 Å². The minimum Gasteiger partial charge on any atom is -0.481 e. The predicted octanol–water partition coefficient (Wildman–Crippen LogP) is 1.74. The van der Waals surface area contributed by atoms with Crippen molar-refractivity contribution in [3.8, 4) is 0 Å². The third-order valence-electron chi connectivity index (χ3n) is 2.85.